The minimum atomic E-state index is -0.335. The lowest BCUT2D eigenvalue weighted by Crippen LogP contribution is -2.38. The van der Waals surface area contributed by atoms with Gasteiger partial charge in [-0.05, 0) is 48.4 Å². The zero-order chi connectivity index (χ0) is 27.6. The molecule has 1 N–H and O–H groups in total. The van der Waals surface area contributed by atoms with Gasteiger partial charge in [0.05, 0.1) is 43.9 Å². The van der Waals surface area contributed by atoms with Crippen molar-refractivity contribution in [1.29, 1.82) is 0 Å². The highest BCUT2D eigenvalue weighted by Crippen LogP contribution is 2.39. The monoisotopic (exact) mass is 533 g/mol. The number of carbonyl (C=O) groups excluding carboxylic acids is 1. The standard InChI is InChI=1S/C32H31N5O3/c1-4-26-25-21-36(32(38)33-23-17-18-28(39-2)29(20-23)40-3)30(22-12-7-5-8-13-22)27-16-11-19-35(27)31(25)37(34-26)24-14-9-6-10-15-24/h5-20,30H,4,21H2,1-3H3,(H,33,38). The Morgan fingerprint density at radius 3 is 2.35 bits per heavy atom. The highest BCUT2D eigenvalue weighted by atomic mass is 16.5. The first-order chi connectivity index (χ1) is 19.6. The molecular weight excluding hydrogens is 502 g/mol. The SMILES string of the molecule is CCc1nn(-c2ccccc2)c2c1CN(C(=O)Nc1ccc(OC)c(OC)c1)C(c1ccccc1)c1cccn1-2. The summed E-state index contributed by atoms with van der Waals surface area (Å²) in [6.45, 7) is 2.48. The minimum Gasteiger partial charge on any atom is -0.493 e. The molecule has 1 atom stereocenters. The van der Waals surface area contributed by atoms with Crippen molar-refractivity contribution in [2.75, 3.05) is 19.5 Å². The largest absolute Gasteiger partial charge is 0.493 e. The van der Waals surface area contributed by atoms with Crippen molar-refractivity contribution in [3.63, 3.8) is 0 Å². The van der Waals surface area contributed by atoms with Gasteiger partial charge in [-0.3, -0.25) is 0 Å². The smallest absolute Gasteiger partial charge is 0.322 e. The predicted molar refractivity (Wildman–Crippen MR) is 155 cm³/mol. The van der Waals surface area contributed by atoms with Crippen LogP contribution in [0, 0.1) is 0 Å². The van der Waals surface area contributed by atoms with Crippen molar-refractivity contribution in [2.45, 2.75) is 25.9 Å². The molecule has 6 rings (SSSR count). The summed E-state index contributed by atoms with van der Waals surface area (Å²) in [7, 11) is 3.17. The first-order valence-corrected chi connectivity index (χ1v) is 13.3. The molecule has 0 bridgehead atoms. The van der Waals surface area contributed by atoms with Gasteiger partial charge in [0.15, 0.2) is 11.5 Å². The highest BCUT2D eigenvalue weighted by Gasteiger charge is 2.36. The fourth-order valence-corrected chi connectivity index (χ4v) is 5.44. The van der Waals surface area contributed by atoms with Crippen LogP contribution in [0.1, 0.15) is 35.5 Å². The van der Waals surface area contributed by atoms with Crippen molar-refractivity contribution < 1.29 is 14.3 Å². The van der Waals surface area contributed by atoms with Gasteiger partial charge < -0.3 is 24.3 Å². The van der Waals surface area contributed by atoms with Crippen molar-refractivity contribution in [3.05, 3.63) is 120 Å². The number of aromatic nitrogens is 3. The van der Waals surface area contributed by atoms with Crippen LogP contribution >= 0.6 is 0 Å². The molecule has 2 amide bonds. The van der Waals surface area contributed by atoms with E-state index in [0.717, 1.165) is 40.4 Å². The number of aryl methyl sites for hydroxylation is 1. The van der Waals surface area contributed by atoms with Gasteiger partial charge in [-0.25, -0.2) is 9.48 Å². The molecule has 8 heteroatoms. The Bertz CT molecular complexity index is 1640. The predicted octanol–water partition coefficient (Wildman–Crippen LogP) is 6.38. The second kappa shape index (κ2) is 10.6. The van der Waals surface area contributed by atoms with Crippen molar-refractivity contribution >= 4 is 11.7 Å². The van der Waals surface area contributed by atoms with E-state index >= 15 is 0 Å². The molecule has 202 valence electrons. The van der Waals surface area contributed by atoms with Gasteiger partial charge >= 0.3 is 6.03 Å². The second-order valence-electron chi connectivity index (χ2n) is 9.59. The lowest BCUT2D eigenvalue weighted by molar-refractivity contribution is 0.194. The zero-order valence-corrected chi connectivity index (χ0v) is 22.7. The number of para-hydroxylation sites is 1. The third-order valence-electron chi connectivity index (χ3n) is 7.31. The Morgan fingerprint density at radius 1 is 0.925 bits per heavy atom. The molecule has 0 fully saturated rings. The van der Waals surface area contributed by atoms with Gasteiger partial charge in [0.2, 0.25) is 0 Å². The molecule has 8 nitrogen and oxygen atoms in total. The number of nitrogens with one attached hydrogen (secondary N) is 1. The Balaban J connectivity index is 1.51. The second-order valence-corrected chi connectivity index (χ2v) is 9.59. The topological polar surface area (TPSA) is 73.6 Å². The molecule has 40 heavy (non-hydrogen) atoms. The maximum Gasteiger partial charge on any atom is 0.322 e. The van der Waals surface area contributed by atoms with Crippen LogP contribution in [-0.4, -0.2) is 39.5 Å². The molecular formula is C32H31N5O3. The number of fused-ring (bicyclic) bond motifs is 3. The summed E-state index contributed by atoms with van der Waals surface area (Å²) in [4.78, 5) is 16.1. The summed E-state index contributed by atoms with van der Waals surface area (Å²) in [5.41, 5.74) is 5.56. The number of methoxy groups -OCH3 is 2. The van der Waals surface area contributed by atoms with E-state index in [2.05, 4.69) is 53.3 Å². The van der Waals surface area contributed by atoms with E-state index in [4.69, 9.17) is 14.6 Å². The normalized spacial score (nSPS) is 14.2. The van der Waals surface area contributed by atoms with E-state index < -0.39 is 0 Å². The fourth-order valence-electron chi connectivity index (χ4n) is 5.44. The number of nitrogens with zero attached hydrogens (tertiary/aromatic N) is 4. The number of hydrogen-bond donors (Lipinski definition) is 1. The van der Waals surface area contributed by atoms with Gasteiger partial charge in [0.1, 0.15) is 5.82 Å². The van der Waals surface area contributed by atoms with Crippen LogP contribution < -0.4 is 14.8 Å². The van der Waals surface area contributed by atoms with Gasteiger partial charge in [-0.2, -0.15) is 5.10 Å². The van der Waals surface area contributed by atoms with E-state index in [0.29, 0.717) is 23.7 Å². The molecule has 1 aliphatic rings. The summed E-state index contributed by atoms with van der Waals surface area (Å²) in [5, 5.41) is 8.13. The number of hydrogen-bond acceptors (Lipinski definition) is 4. The number of benzene rings is 3. The molecule has 5 aromatic rings. The van der Waals surface area contributed by atoms with Crippen LogP contribution in [0.3, 0.4) is 0 Å². The molecule has 3 heterocycles. The van der Waals surface area contributed by atoms with Crippen LogP contribution in [0.25, 0.3) is 11.5 Å². The number of carbonyl (C=O) groups is 1. The summed E-state index contributed by atoms with van der Waals surface area (Å²) < 4.78 is 15.0. The number of rotatable bonds is 6. The van der Waals surface area contributed by atoms with E-state index in [1.165, 1.54) is 0 Å². The highest BCUT2D eigenvalue weighted by molar-refractivity contribution is 5.90. The lowest BCUT2D eigenvalue weighted by atomic mass is 10.0. The molecule has 1 unspecified atom stereocenters. The third kappa shape index (κ3) is 4.37. The third-order valence-corrected chi connectivity index (χ3v) is 7.31. The van der Waals surface area contributed by atoms with Crippen molar-refractivity contribution in [2.24, 2.45) is 0 Å². The summed E-state index contributed by atoms with van der Waals surface area (Å²) in [6.07, 6.45) is 2.79. The fraction of sp³-hybridized carbons (Fsp3) is 0.188. The quantitative estimate of drug-likeness (QED) is 0.275. The van der Waals surface area contributed by atoms with Crippen molar-refractivity contribution in [1.82, 2.24) is 19.2 Å². The first kappa shape index (κ1) is 25.3. The van der Waals surface area contributed by atoms with Crippen LogP contribution in [-0.2, 0) is 13.0 Å². The summed E-state index contributed by atoms with van der Waals surface area (Å²) in [5.74, 6) is 2.09. The Labute approximate surface area is 233 Å². The maximum absolute atomic E-state index is 14.2. The number of ether oxygens (including phenoxy) is 2. The average Bonchev–Trinajstić information content (AvgIpc) is 3.59. The van der Waals surface area contributed by atoms with Crippen molar-refractivity contribution in [3.8, 4) is 23.0 Å². The summed E-state index contributed by atoms with van der Waals surface area (Å²) in [6, 6.07) is 29.2. The van der Waals surface area contributed by atoms with Crippen LogP contribution in [0.4, 0.5) is 10.5 Å². The lowest BCUT2D eigenvalue weighted by Gasteiger charge is -2.31. The molecule has 3 aromatic carbocycles. The molecule has 1 aliphatic heterocycles. The van der Waals surface area contributed by atoms with Crippen LogP contribution in [0.15, 0.2) is 97.2 Å². The maximum atomic E-state index is 14.2. The zero-order valence-electron chi connectivity index (χ0n) is 22.7. The summed E-state index contributed by atoms with van der Waals surface area (Å²) >= 11 is 0. The van der Waals surface area contributed by atoms with E-state index in [1.807, 2.05) is 58.1 Å². The van der Waals surface area contributed by atoms with Gasteiger partial charge in [-0.15, -0.1) is 0 Å². The number of anilines is 1. The Morgan fingerprint density at radius 2 is 1.65 bits per heavy atom. The molecule has 0 radical (unpaired) electrons. The van der Waals surface area contributed by atoms with Crippen LogP contribution in [0.2, 0.25) is 0 Å². The molecule has 0 aliphatic carbocycles. The van der Waals surface area contributed by atoms with Gasteiger partial charge in [0.25, 0.3) is 0 Å². The van der Waals surface area contributed by atoms with Gasteiger partial charge in [0, 0.05) is 23.5 Å². The molecule has 0 saturated heterocycles. The van der Waals surface area contributed by atoms with E-state index in [9.17, 15) is 4.79 Å². The first-order valence-electron chi connectivity index (χ1n) is 13.3. The molecule has 0 spiro atoms. The Hall–Kier alpha value is -4.98. The van der Waals surface area contributed by atoms with E-state index in [-0.39, 0.29) is 12.1 Å². The van der Waals surface area contributed by atoms with Crippen LogP contribution in [0.5, 0.6) is 11.5 Å². The Kier molecular flexibility index (Phi) is 6.74. The van der Waals surface area contributed by atoms with E-state index in [1.54, 1.807) is 26.4 Å². The minimum absolute atomic E-state index is 0.226. The number of amides is 2. The number of urea groups is 1. The molecule has 0 saturated carbocycles. The average molecular weight is 534 g/mol. The molecule has 2 aromatic heterocycles. The van der Waals surface area contributed by atoms with Gasteiger partial charge in [-0.1, -0.05) is 55.5 Å².